The van der Waals surface area contributed by atoms with Crippen molar-refractivity contribution in [3.05, 3.63) is 0 Å². The van der Waals surface area contributed by atoms with Gasteiger partial charge in [-0.15, -0.1) is 0 Å². The standard InChI is InChI=1S/C15H29N3O2/c1-13-4-3-5-15(10-13,12-19)16-11-14(20)18-8-6-17(2)7-9-18/h13,16,19H,3-12H2,1-2H3. The Labute approximate surface area is 122 Å². The van der Waals surface area contributed by atoms with Gasteiger partial charge >= 0.3 is 0 Å². The van der Waals surface area contributed by atoms with Crippen LogP contribution in [0.5, 0.6) is 0 Å². The maximum absolute atomic E-state index is 12.3. The van der Waals surface area contributed by atoms with Gasteiger partial charge in [0.15, 0.2) is 0 Å². The fourth-order valence-electron chi connectivity index (χ4n) is 3.45. The van der Waals surface area contributed by atoms with E-state index in [-0.39, 0.29) is 18.1 Å². The molecule has 2 rings (SSSR count). The van der Waals surface area contributed by atoms with E-state index >= 15 is 0 Å². The quantitative estimate of drug-likeness (QED) is 0.779. The van der Waals surface area contributed by atoms with Gasteiger partial charge in [-0.05, 0) is 25.8 Å². The lowest BCUT2D eigenvalue weighted by Crippen LogP contribution is -2.56. The lowest BCUT2D eigenvalue weighted by Gasteiger charge is -2.40. The van der Waals surface area contributed by atoms with E-state index < -0.39 is 0 Å². The van der Waals surface area contributed by atoms with E-state index in [2.05, 4.69) is 24.2 Å². The van der Waals surface area contributed by atoms with Crippen molar-refractivity contribution < 1.29 is 9.90 Å². The second-order valence-electron chi connectivity index (χ2n) is 6.68. The van der Waals surface area contributed by atoms with Gasteiger partial charge in [-0.3, -0.25) is 4.79 Å². The molecule has 1 aliphatic heterocycles. The van der Waals surface area contributed by atoms with Gasteiger partial charge in [0.1, 0.15) is 0 Å². The first-order chi connectivity index (χ1) is 9.54. The first-order valence-electron chi connectivity index (χ1n) is 7.87. The van der Waals surface area contributed by atoms with Gasteiger partial charge in [0, 0.05) is 31.7 Å². The van der Waals surface area contributed by atoms with E-state index in [0.717, 1.165) is 45.4 Å². The zero-order valence-corrected chi connectivity index (χ0v) is 12.9. The molecule has 20 heavy (non-hydrogen) atoms. The number of carbonyl (C=O) groups excluding carboxylic acids is 1. The van der Waals surface area contributed by atoms with Crippen LogP contribution >= 0.6 is 0 Å². The molecule has 2 fully saturated rings. The average molecular weight is 283 g/mol. The Hall–Kier alpha value is -0.650. The van der Waals surface area contributed by atoms with Crippen LogP contribution in [0.15, 0.2) is 0 Å². The summed E-state index contributed by atoms with van der Waals surface area (Å²) in [6, 6.07) is 0. The molecule has 0 spiro atoms. The van der Waals surface area contributed by atoms with Gasteiger partial charge in [-0.25, -0.2) is 0 Å². The number of rotatable bonds is 4. The highest BCUT2D eigenvalue weighted by molar-refractivity contribution is 5.78. The van der Waals surface area contributed by atoms with E-state index in [9.17, 15) is 9.90 Å². The second kappa shape index (κ2) is 6.87. The summed E-state index contributed by atoms with van der Waals surface area (Å²) in [4.78, 5) is 16.4. The van der Waals surface area contributed by atoms with Crippen LogP contribution in [-0.4, -0.2) is 72.7 Å². The minimum Gasteiger partial charge on any atom is -0.394 e. The third-order valence-corrected chi connectivity index (χ3v) is 4.86. The molecule has 1 saturated carbocycles. The molecule has 0 aromatic rings. The lowest BCUT2D eigenvalue weighted by atomic mass is 9.77. The fourth-order valence-corrected chi connectivity index (χ4v) is 3.45. The van der Waals surface area contributed by atoms with Crippen LogP contribution in [-0.2, 0) is 4.79 Å². The van der Waals surface area contributed by atoms with Crippen LogP contribution in [0.3, 0.4) is 0 Å². The van der Waals surface area contributed by atoms with Gasteiger partial charge in [-0.1, -0.05) is 19.8 Å². The monoisotopic (exact) mass is 283 g/mol. The Kier molecular flexibility index (Phi) is 5.41. The van der Waals surface area contributed by atoms with Crippen molar-refractivity contribution >= 4 is 5.91 Å². The number of hydrogen-bond acceptors (Lipinski definition) is 4. The minimum atomic E-state index is -0.236. The summed E-state index contributed by atoms with van der Waals surface area (Å²) in [6.45, 7) is 6.26. The average Bonchev–Trinajstić information content (AvgIpc) is 2.45. The van der Waals surface area contributed by atoms with E-state index in [0.29, 0.717) is 12.5 Å². The van der Waals surface area contributed by atoms with Crippen molar-refractivity contribution in [3.8, 4) is 0 Å². The van der Waals surface area contributed by atoms with E-state index in [1.807, 2.05) is 4.90 Å². The highest BCUT2D eigenvalue weighted by Gasteiger charge is 2.34. The van der Waals surface area contributed by atoms with Gasteiger partial charge in [0.25, 0.3) is 0 Å². The summed E-state index contributed by atoms with van der Waals surface area (Å²) < 4.78 is 0. The summed E-state index contributed by atoms with van der Waals surface area (Å²) in [5, 5.41) is 13.1. The summed E-state index contributed by atoms with van der Waals surface area (Å²) >= 11 is 0. The van der Waals surface area contributed by atoms with Gasteiger partial charge in [-0.2, -0.15) is 0 Å². The molecule has 2 atom stereocenters. The minimum absolute atomic E-state index is 0.132. The van der Waals surface area contributed by atoms with Crippen molar-refractivity contribution in [2.24, 2.45) is 5.92 Å². The van der Waals surface area contributed by atoms with Crippen LogP contribution in [0, 0.1) is 5.92 Å². The van der Waals surface area contributed by atoms with Crippen LogP contribution in [0.1, 0.15) is 32.6 Å². The normalized spacial score (nSPS) is 32.4. The zero-order valence-electron chi connectivity index (χ0n) is 12.9. The molecule has 0 aromatic carbocycles. The SMILES string of the molecule is CC1CCCC(CO)(NCC(=O)N2CCN(C)CC2)C1. The van der Waals surface area contributed by atoms with Crippen molar-refractivity contribution in [2.45, 2.75) is 38.1 Å². The number of hydrogen-bond donors (Lipinski definition) is 2. The number of piperazine rings is 1. The van der Waals surface area contributed by atoms with Crippen LogP contribution in [0.2, 0.25) is 0 Å². The van der Waals surface area contributed by atoms with Crippen molar-refractivity contribution in [1.82, 2.24) is 15.1 Å². The Morgan fingerprint density at radius 3 is 2.65 bits per heavy atom. The maximum Gasteiger partial charge on any atom is 0.236 e. The zero-order chi connectivity index (χ0) is 14.6. The largest absolute Gasteiger partial charge is 0.394 e. The number of nitrogens with zero attached hydrogens (tertiary/aromatic N) is 2. The Morgan fingerprint density at radius 2 is 2.05 bits per heavy atom. The molecule has 1 heterocycles. The highest BCUT2D eigenvalue weighted by Crippen LogP contribution is 2.31. The fraction of sp³-hybridized carbons (Fsp3) is 0.933. The van der Waals surface area contributed by atoms with Crippen molar-refractivity contribution in [2.75, 3.05) is 46.4 Å². The van der Waals surface area contributed by atoms with Gasteiger partial charge in [0.2, 0.25) is 5.91 Å². The number of nitrogens with one attached hydrogen (secondary N) is 1. The first-order valence-corrected chi connectivity index (χ1v) is 7.87. The molecule has 1 saturated heterocycles. The lowest BCUT2D eigenvalue weighted by molar-refractivity contribution is -0.132. The molecule has 5 nitrogen and oxygen atoms in total. The van der Waals surface area contributed by atoms with Crippen LogP contribution in [0.4, 0.5) is 0 Å². The molecule has 0 aromatic heterocycles. The molecule has 0 radical (unpaired) electrons. The Bertz CT molecular complexity index is 329. The molecule has 2 N–H and O–H groups in total. The molecular formula is C15H29N3O2. The summed E-state index contributed by atoms with van der Waals surface area (Å²) in [6.07, 6.45) is 4.32. The predicted molar refractivity (Wildman–Crippen MR) is 79.5 cm³/mol. The predicted octanol–water partition coefficient (Wildman–Crippen LogP) is 0.291. The number of carbonyl (C=O) groups is 1. The molecule has 2 unspecified atom stereocenters. The molecule has 0 bridgehead atoms. The van der Waals surface area contributed by atoms with Gasteiger partial charge < -0.3 is 20.2 Å². The molecular weight excluding hydrogens is 254 g/mol. The van der Waals surface area contributed by atoms with Crippen LogP contribution < -0.4 is 5.32 Å². The van der Waals surface area contributed by atoms with Crippen LogP contribution in [0.25, 0.3) is 0 Å². The summed E-state index contributed by atoms with van der Waals surface area (Å²) in [7, 11) is 2.09. The van der Waals surface area contributed by atoms with Gasteiger partial charge in [0.05, 0.1) is 13.2 Å². The third kappa shape index (κ3) is 3.93. The van der Waals surface area contributed by atoms with E-state index in [1.165, 1.54) is 6.42 Å². The summed E-state index contributed by atoms with van der Waals surface area (Å²) in [5.74, 6) is 0.797. The number of aliphatic hydroxyl groups excluding tert-OH is 1. The van der Waals surface area contributed by atoms with E-state index in [4.69, 9.17) is 0 Å². The first kappa shape index (κ1) is 15.7. The third-order valence-electron chi connectivity index (χ3n) is 4.86. The van der Waals surface area contributed by atoms with Crippen molar-refractivity contribution in [3.63, 3.8) is 0 Å². The topological polar surface area (TPSA) is 55.8 Å². The number of aliphatic hydroxyl groups is 1. The second-order valence-corrected chi connectivity index (χ2v) is 6.68. The molecule has 2 aliphatic rings. The molecule has 5 heteroatoms. The van der Waals surface area contributed by atoms with Crippen molar-refractivity contribution in [1.29, 1.82) is 0 Å². The Balaban J connectivity index is 1.82. The summed E-state index contributed by atoms with van der Waals surface area (Å²) in [5.41, 5.74) is -0.236. The maximum atomic E-state index is 12.3. The number of amides is 1. The molecule has 116 valence electrons. The highest BCUT2D eigenvalue weighted by atomic mass is 16.3. The molecule has 1 amide bonds. The number of likely N-dealkylation sites (N-methyl/N-ethyl adjacent to an activating group) is 1. The smallest absolute Gasteiger partial charge is 0.236 e. The Morgan fingerprint density at radius 1 is 1.35 bits per heavy atom. The molecule has 1 aliphatic carbocycles. The van der Waals surface area contributed by atoms with E-state index in [1.54, 1.807) is 0 Å².